The van der Waals surface area contributed by atoms with Crippen LogP contribution in [0.5, 0.6) is 0 Å². The van der Waals surface area contributed by atoms with Gasteiger partial charge in [-0.1, -0.05) is 56.8 Å². The van der Waals surface area contributed by atoms with Gasteiger partial charge < -0.3 is 60.3 Å². The third-order valence-corrected chi connectivity index (χ3v) is 11.0. The number of anilines is 2. The molecule has 0 saturated heterocycles. The van der Waals surface area contributed by atoms with Gasteiger partial charge in [0, 0.05) is 118 Å². The van der Waals surface area contributed by atoms with E-state index in [1.165, 1.54) is 19.1 Å². The van der Waals surface area contributed by atoms with Gasteiger partial charge in [-0.25, -0.2) is 9.59 Å². The fraction of sp³-hybridized carbons (Fsp3) is 0.383. The Kier molecular flexibility index (Phi) is 26.3. The van der Waals surface area contributed by atoms with Crippen molar-refractivity contribution in [2.75, 3.05) is 130 Å². The second-order valence-electron chi connectivity index (χ2n) is 14.3. The van der Waals surface area contributed by atoms with Gasteiger partial charge in [0.15, 0.2) is 0 Å². The quantitative estimate of drug-likeness (QED) is 0.0420. The molecular formula is C47H59BrCl3N9O8. The summed E-state index contributed by atoms with van der Waals surface area (Å²) in [7, 11) is 2.71. The van der Waals surface area contributed by atoms with Crippen LogP contribution >= 0.6 is 50.7 Å². The molecule has 3 aromatic heterocycles. The largest absolute Gasteiger partial charge is 0.453 e. The van der Waals surface area contributed by atoms with Crippen molar-refractivity contribution in [1.82, 2.24) is 24.8 Å². The summed E-state index contributed by atoms with van der Waals surface area (Å²) in [5.41, 5.74) is 15.1. The minimum Gasteiger partial charge on any atom is -0.453 e. The van der Waals surface area contributed by atoms with Crippen molar-refractivity contribution in [2.24, 2.45) is 11.5 Å². The zero-order valence-corrected chi connectivity index (χ0v) is 42.0. The van der Waals surface area contributed by atoms with Crippen LogP contribution in [0.1, 0.15) is 0 Å². The normalized spacial score (nSPS) is 10.8. The van der Waals surface area contributed by atoms with Crippen LogP contribution in [-0.4, -0.2) is 156 Å². The number of hydrogen-bond acceptors (Lipinski definition) is 15. The molecule has 0 bridgehead atoms. The Labute approximate surface area is 420 Å². The highest BCUT2D eigenvalue weighted by molar-refractivity contribution is 9.10. The highest BCUT2D eigenvalue weighted by Gasteiger charge is 2.14. The van der Waals surface area contributed by atoms with E-state index < -0.39 is 12.2 Å². The highest BCUT2D eigenvalue weighted by atomic mass is 79.9. The van der Waals surface area contributed by atoms with E-state index in [9.17, 15) is 9.59 Å². The molecule has 0 radical (unpaired) electrons. The molecule has 0 fully saturated rings. The number of carbonyl (C=O) groups is 2. The number of fused-ring (bicyclic) bond motifs is 3. The number of halogens is 4. The van der Waals surface area contributed by atoms with Crippen molar-refractivity contribution in [3.05, 3.63) is 111 Å². The lowest BCUT2D eigenvalue weighted by Gasteiger charge is -2.21. The van der Waals surface area contributed by atoms with Crippen LogP contribution in [0.4, 0.5) is 21.0 Å². The van der Waals surface area contributed by atoms with Crippen molar-refractivity contribution in [3.8, 4) is 0 Å². The summed E-state index contributed by atoms with van der Waals surface area (Å²) < 4.78 is 32.5. The van der Waals surface area contributed by atoms with Crippen molar-refractivity contribution in [3.63, 3.8) is 0 Å². The van der Waals surface area contributed by atoms with E-state index in [4.69, 9.17) is 70.0 Å². The van der Waals surface area contributed by atoms with Gasteiger partial charge in [0.1, 0.15) is 0 Å². The molecule has 6 N–H and O–H groups in total. The van der Waals surface area contributed by atoms with Crippen LogP contribution in [0, 0.1) is 0 Å². The molecule has 0 aliphatic rings. The van der Waals surface area contributed by atoms with Crippen molar-refractivity contribution < 1.29 is 38.0 Å². The molecule has 6 aromatic rings. The van der Waals surface area contributed by atoms with Gasteiger partial charge in [0.2, 0.25) is 0 Å². The Morgan fingerprint density at radius 2 is 0.882 bits per heavy atom. The first-order valence-electron chi connectivity index (χ1n) is 21.7. The first-order valence-corrected chi connectivity index (χ1v) is 23.6. The van der Waals surface area contributed by atoms with Gasteiger partial charge in [-0.3, -0.25) is 15.0 Å². The summed E-state index contributed by atoms with van der Waals surface area (Å²) in [4.78, 5) is 39.5. The first-order chi connectivity index (χ1) is 33.1. The van der Waals surface area contributed by atoms with Gasteiger partial charge in [-0.15, -0.1) is 0 Å². The number of rotatable bonds is 24. The molecule has 0 unspecified atom stereocenters. The number of amides is 2. The second kappa shape index (κ2) is 32.0. The second-order valence-corrected chi connectivity index (χ2v) is 16.5. The Balaban J connectivity index is 0.000000283. The lowest BCUT2D eigenvalue weighted by molar-refractivity contribution is 0.0666. The number of carbonyl (C=O) groups excluding carboxylic acids is 2. The lowest BCUT2D eigenvalue weighted by atomic mass is 10.2. The van der Waals surface area contributed by atoms with Crippen LogP contribution in [0.25, 0.3) is 32.7 Å². The molecule has 0 saturated carbocycles. The molecule has 21 heteroatoms. The van der Waals surface area contributed by atoms with Crippen LogP contribution < -0.4 is 22.1 Å². The number of hydrogen-bond donors (Lipinski definition) is 4. The molecule has 17 nitrogen and oxygen atoms in total. The SMILES string of the molecule is COC(=O)N(CCOCCN)CCOCCN.COC(=O)N(CCOCCNc1ccnc2cc(Cl)ccc12)CCOCCNc1ccnc2cc(Cl)ccc12.Clc1ccc2c(Br)ccnc2c1. The van der Waals surface area contributed by atoms with E-state index in [2.05, 4.69) is 46.3 Å². The van der Waals surface area contributed by atoms with Gasteiger partial charge in [0.25, 0.3) is 0 Å². The van der Waals surface area contributed by atoms with E-state index in [-0.39, 0.29) is 0 Å². The maximum atomic E-state index is 12.2. The molecule has 3 aromatic carbocycles. The van der Waals surface area contributed by atoms with E-state index in [1.54, 1.807) is 23.5 Å². The fourth-order valence-electron chi connectivity index (χ4n) is 6.27. The van der Waals surface area contributed by atoms with Crippen LogP contribution in [0.15, 0.2) is 95.9 Å². The first kappa shape index (κ1) is 55.7. The summed E-state index contributed by atoms with van der Waals surface area (Å²) >= 11 is 21.4. The Bertz CT molecular complexity index is 2340. The lowest BCUT2D eigenvalue weighted by Crippen LogP contribution is -2.37. The van der Waals surface area contributed by atoms with Crippen molar-refractivity contribution in [2.45, 2.75) is 0 Å². The molecular weight excluding hydrogens is 1000 g/mol. The van der Waals surface area contributed by atoms with Crippen molar-refractivity contribution >= 4 is 107 Å². The number of methoxy groups -OCH3 is 2. The third kappa shape index (κ3) is 19.6. The predicted molar refractivity (Wildman–Crippen MR) is 274 cm³/mol. The Hall–Kier alpha value is -4.86. The summed E-state index contributed by atoms with van der Waals surface area (Å²) in [6.07, 6.45) is 4.43. The predicted octanol–water partition coefficient (Wildman–Crippen LogP) is 8.37. The number of pyridine rings is 3. The van der Waals surface area contributed by atoms with E-state index in [1.807, 2.05) is 72.8 Å². The molecule has 0 spiro atoms. The average molecular weight is 1060 g/mol. The highest BCUT2D eigenvalue weighted by Crippen LogP contribution is 2.26. The maximum Gasteiger partial charge on any atom is 0.409 e. The minimum atomic E-state index is -0.415. The summed E-state index contributed by atoms with van der Waals surface area (Å²) in [6, 6.07) is 22.6. The number of aromatic nitrogens is 3. The van der Waals surface area contributed by atoms with Gasteiger partial charge >= 0.3 is 12.2 Å². The smallest absolute Gasteiger partial charge is 0.409 e. The van der Waals surface area contributed by atoms with Crippen LogP contribution in [0.2, 0.25) is 15.1 Å². The molecule has 2 amide bonds. The summed E-state index contributed by atoms with van der Waals surface area (Å²) in [5, 5.41) is 11.8. The fourth-order valence-corrected chi connectivity index (χ4v) is 7.23. The summed E-state index contributed by atoms with van der Waals surface area (Å²) in [6.45, 7) is 7.42. The molecule has 368 valence electrons. The van der Waals surface area contributed by atoms with E-state index in [0.717, 1.165) is 48.6 Å². The summed E-state index contributed by atoms with van der Waals surface area (Å²) in [5.74, 6) is 0. The Morgan fingerprint density at radius 1 is 0.529 bits per heavy atom. The molecule has 0 atom stereocenters. The van der Waals surface area contributed by atoms with E-state index in [0.29, 0.717) is 120 Å². The number of nitrogens with one attached hydrogen (secondary N) is 2. The molecule has 0 aliphatic heterocycles. The topological polar surface area (TPSA) is 211 Å². The maximum absolute atomic E-state index is 12.2. The van der Waals surface area contributed by atoms with E-state index >= 15 is 0 Å². The van der Waals surface area contributed by atoms with Gasteiger partial charge in [-0.2, -0.15) is 0 Å². The van der Waals surface area contributed by atoms with Gasteiger partial charge in [-0.05, 0) is 66.7 Å². The number of benzene rings is 3. The molecule has 3 heterocycles. The zero-order chi connectivity index (χ0) is 48.9. The molecule has 0 aliphatic carbocycles. The third-order valence-electron chi connectivity index (χ3n) is 9.60. The molecule has 6 rings (SSSR count). The average Bonchev–Trinajstić information content (AvgIpc) is 3.34. The number of ether oxygens (including phenoxy) is 6. The van der Waals surface area contributed by atoms with Crippen LogP contribution in [-0.2, 0) is 28.4 Å². The number of nitrogens with zero attached hydrogens (tertiary/aromatic N) is 5. The van der Waals surface area contributed by atoms with Gasteiger partial charge in [0.05, 0.1) is 83.6 Å². The Morgan fingerprint density at radius 3 is 1.26 bits per heavy atom. The van der Waals surface area contributed by atoms with Crippen LogP contribution in [0.3, 0.4) is 0 Å². The standard InChI is InChI=1S/C28H31Cl2N5O4.C10H23N3O4.C9H5BrClN/c1-37-28(36)35(12-16-38-14-10-33-24-6-8-31-26-18-20(29)2-4-22(24)26)13-17-39-15-11-34-25-7-9-32-27-19-21(30)3-5-23(25)27;1-15-10(14)13(4-8-16-6-2-11)5-9-17-7-3-12;10-8-3-4-12-9-5-6(11)1-2-7(8)9/h2-9,18-19H,10-17H2,1H3,(H,31,33)(H,32,34);2-9,11-12H2,1H3;1-5H. The molecule has 68 heavy (non-hydrogen) atoms. The number of nitrogens with two attached hydrogens (primary N) is 2. The minimum absolute atomic E-state index is 0.379. The van der Waals surface area contributed by atoms with Crippen molar-refractivity contribution in [1.29, 1.82) is 0 Å². The monoisotopic (exact) mass is 1060 g/mol. The zero-order valence-electron chi connectivity index (χ0n) is 38.1.